The first-order valence-corrected chi connectivity index (χ1v) is 10.3. The van der Waals surface area contributed by atoms with Crippen LogP contribution in [0.2, 0.25) is 0 Å². The Bertz CT molecular complexity index is 753. The second-order valence-electron chi connectivity index (χ2n) is 6.89. The zero-order chi connectivity index (χ0) is 19.8. The lowest BCUT2D eigenvalue weighted by atomic mass is 9.78. The third kappa shape index (κ3) is 3.10. The molecule has 4 atom stereocenters. The number of likely N-dealkylation sites (tertiary alicyclic amines) is 1. The third-order valence-corrected chi connectivity index (χ3v) is 6.08. The Morgan fingerprint density at radius 3 is 2.56 bits per heavy atom. The van der Waals surface area contributed by atoms with Crippen molar-refractivity contribution in [2.24, 2.45) is 11.8 Å². The van der Waals surface area contributed by atoms with Gasteiger partial charge in [-0.05, 0) is 43.0 Å². The molecule has 7 nitrogen and oxygen atoms in total. The standard InChI is InChI=1S/C19H24N2O5S/c1-4-26-18(25)19(9-10-27-3)14-13(16(23)21(2)17(14)24)15(20-19)11-5-7-12(22)8-6-11/h5-8,13-15,20,22H,4,9-10H2,1-3H3/t13-,14+,15-,19-/m0/s1. The first-order valence-electron chi connectivity index (χ1n) is 8.91. The summed E-state index contributed by atoms with van der Waals surface area (Å²) in [6.45, 7) is 1.92. The van der Waals surface area contributed by atoms with Gasteiger partial charge in [-0.1, -0.05) is 12.1 Å². The van der Waals surface area contributed by atoms with E-state index in [0.29, 0.717) is 12.2 Å². The number of imide groups is 1. The summed E-state index contributed by atoms with van der Waals surface area (Å²) in [5, 5.41) is 12.9. The number of nitrogens with one attached hydrogen (secondary N) is 1. The maximum absolute atomic E-state index is 13.0. The largest absolute Gasteiger partial charge is 0.508 e. The van der Waals surface area contributed by atoms with Gasteiger partial charge in [0, 0.05) is 13.1 Å². The first-order chi connectivity index (χ1) is 12.9. The molecule has 0 bridgehead atoms. The smallest absolute Gasteiger partial charge is 0.327 e. The highest BCUT2D eigenvalue weighted by Crippen LogP contribution is 2.50. The summed E-state index contributed by atoms with van der Waals surface area (Å²) in [5.74, 6) is -1.88. The molecule has 0 aliphatic carbocycles. The number of aromatic hydroxyl groups is 1. The number of amides is 2. The molecule has 2 amide bonds. The van der Waals surface area contributed by atoms with Crippen molar-refractivity contribution in [1.29, 1.82) is 0 Å². The number of phenols is 1. The minimum atomic E-state index is -1.25. The fraction of sp³-hybridized carbons (Fsp3) is 0.526. The fourth-order valence-corrected chi connectivity index (χ4v) is 4.68. The molecular formula is C19H24N2O5S. The van der Waals surface area contributed by atoms with Crippen molar-refractivity contribution < 1.29 is 24.2 Å². The highest BCUT2D eigenvalue weighted by atomic mass is 32.2. The normalized spacial score (nSPS) is 29.9. The molecular weight excluding hydrogens is 368 g/mol. The molecule has 3 rings (SSSR count). The summed E-state index contributed by atoms with van der Waals surface area (Å²) < 4.78 is 5.32. The number of carbonyl (C=O) groups excluding carboxylic acids is 3. The van der Waals surface area contributed by atoms with Crippen molar-refractivity contribution in [2.75, 3.05) is 25.7 Å². The molecule has 1 aromatic rings. The molecule has 2 saturated heterocycles. The van der Waals surface area contributed by atoms with Gasteiger partial charge in [0.25, 0.3) is 0 Å². The number of fused-ring (bicyclic) bond motifs is 1. The molecule has 0 unspecified atom stereocenters. The van der Waals surface area contributed by atoms with Crippen LogP contribution in [-0.4, -0.2) is 59.0 Å². The Hall–Kier alpha value is -2.06. The van der Waals surface area contributed by atoms with Gasteiger partial charge in [-0.2, -0.15) is 11.8 Å². The number of phenolic OH excluding ortho intramolecular Hbond substituents is 1. The first kappa shape index (κ1) is 19.7. The number of benzene rings is 1. The number of ether oxygens (including phenoxy) is 1. The van der Waals surface area contributed by atoms with Crippen LogP contribution in [0.1, 0.15) is 24.9 Å². The van der Waals surface area contributed by atoms with Crippen LogP contribution in [0.3, 0.4) is 0 Å². The maximum Gasteiger partial charge on any atom is 0.327 e. The molecule has 8 heteroatoms. The Balaban J connectivity index is 2.10. The van der Waals surface area contributed by atoms with Crippen LogP contribution >= 0.6 is 11.8 Å². The highest BCUT2D eigenvalue weighted by Gasteiger charge is 2.67. The highest BCUT2D eigenvalue weighted by molar-refractivity contribution is 7.98. The molecule has 2 fully saturated rings. The number of esters is 1. The van der Waals surface area contributed by atoms with Crippen molar-refractivity contribution in [2.45, 2.75) is 24.9 Å². The average Bonchev–Trinajstić information content (AvgIpc) is 3.11. The van der Waals surface area contributed by atoms with Crippen molar-refractivity contribution >= 4 is 29.5 Å². The van der Waals surface area contributed by atoms with Crippen LogP contribution in [0.4, 0.5) is 0 Å². The van der Waals surface area contributed by atoms with E-state index < -0.39 is 29.4 Å². The average molecular weight is 392 g/mol. The van der Waals surface area contributed by atoms with E-state index in [-0.39, 0.29) is 24.2 Å². The van der Waals surface area contributed by atoms with Gasteiger partial charge in [0.05, 0.1) is 18.4 Å². The van der Waals surface area contributed by atoms with Crippen molar-refractivity contribution in [3.05, 3.63) is 29.8 Å². The van der Waals surface area contributed by atoms with Crippen LogP contribution in [-0.2, 0) is 19.1 Å². The second-order valence-corrected chi connectivity index (χ2v) is 7.87. The molecule has 146 valence electrons. The van der Waals surface area contributed by atoms with E-state index in [9.17, 15) is 19.5 Å². The molecule has 0 spiro atoms. The summed E-state index contributed by atoms with van der Waals surface area (Å²) in [7, 11) is 1.46. The predicted molar refractivity (Wildman–Crippen MR) is 101 cm³/mol. The number of thioether (sulfide) groups is 1. The Kier molecular flexibility index (Phi) is 5.48. The van der Waals surface area contributed by atoms with E-state index in [0.717, 1.165) is 10.5 Å². The van der Waals surface area contributed by atoms with Gasteiger partial charge < -0.3 is 9.84 Å². The zero-order valence-electron chi connectivity index (χ0n) is 15.6. The summed E-state index contributed by atoms with van der Waals surface area (Å²) in [6, 6.07) is 5.96. The van der Waals surface area contributed by atoms with E-state index in [1.54, 1.807) is 30.8 Å². The SMILES string of the molecule is CCOC(=O)[C@@]1(CCSC)N[C@@H](c2ccc(O)cc2)[C@H]2C(=O)N(C)C(=O)[C@@H]21. The maximum atomic E-state index is 13.0. The van der Waals surface area contributed by atoms with Crippen LogP contribution in [0.25, 0.3) is 0 Å². The van der Waals surface area contributed by atoms with E-state index in [2.05, 4.69) is 5.32 Å². The van der Waals surface area contributed by atoms with E-state index in [4.69, 9.17) is 4.74 Å². The monoisotopic (exact) mass is 392 g/mol. The zero-order valence-corrected chi connectivity index (χ0v) is 16.4. The van der Waals surface area contributed by atoms with Crippen molar-refractivity contribution in [3.8, 4) is 5.75 Å². The second kappa shape index (κ2) is 7.52. The van der Waals surface area contributed by atoms with Gasteiger partial charge in [-0.25, -0.2) is 0 Å². The van der Waals surface area contributed by atoms with Gasteiger partial charge >= 0.3 is 5.97 Å². The summed E-state index contributed by atoms with van der Waals surface area (Å²) in [5.41, 5.74) is -0.501. The third-order valence-electron chi connectivity index (χ3n) is 5.47. The minimum Gasteiger partial charge on any atom is -0.508 e. The molecule has 2 N–H and O–H groups in total. The molecule has 1 aromatic carbocycles. The number of hydrogen-bond donors (Lipinski definition) is 2. The minimum absolute atomic E-state index is 0.110. The van der Waals surface area contributed by atoms with Gasteiger partial charge in [-0.3, -0.25) is 24.6 Å². The van der Waals surface area contributed by atoms with E-state index >= 15 is 0 Å². The number of rotatable bonds is 6. The summed E-state index contributed by atoms with van der Waals surface area (Å²) >= 11 is 1.57. The molecule has 0 radical (unpaired) electrons. The van der Waals surface area contributed by atoms with Crippen molar-refractivity contribution in [3.63, 3.8) is 0 Å². The topological polar surface area (TPSA) is 95.9 Å². The lowest BCUT2D eigenvalue weighted by Gasteiger charge is -2.32. The lowest BCUT2D eigenvalue weighted by molar-refractivity contribution is -0.156. The number of nitrogens with zero attached hydrogens (tertiary/aromatic N) is 1. The lowest BCUT2D eigenvalue weighted by Crippen LogP contribution is -2.56. The van der Waals surface area contributed by atoms with Crippen molar-refractivity contribution in [1.82, 2.24) is 10.2 Å². The number of hydrogen-bond acceptors (Lipinski definition) is 7. The van der Waals surface area contributed by atoms with Gasteiger partial charge in [0.15, 0.2) is 0 Å². The quantitative estimate of drug-likeness (QED) is 0.557. The van der Waals surface area contributed by atoms with Crippen LogP contribution in [0, 0.1) is 11.8 Å². The molecule has 0 aromatic heterocycles. The molecule has 2 heterocycles. The molecule has 2 aliphatic rings. The van der Waals surface area contributed by atoms with Gasteiger partial charge in [0.1, 0.15) is 11.3 Å². The predicted octanol–water partition coefficient (Wildman–Crippen LogP) is 1.32. The Labute approximate surface area is 162 Å². The van der Waals surface area contributed by atoms with Crippen LogP contribution in [0.15, 0.2) is 24.3 Å². The van der Waals surface area contributed by atoms with Gasteiger partial charge in [0.2, 0.25) is 11.8 Å². The van der Waals surface area contributed by atoms with Gasteiger partial charge in [-0.15, -0.1) is 0 Å². The van der Waals surface area contributed by atoms with E-state index in [1.165, 1.54) is 19.2 Å². The Morgan fingerprint density at radius 2 is 1.96 bits per heavy atom. The molecule has 2 aliphatic heterocycles. The Morgan fingerprint density at radius 1 is 1.30 bits per heavy atom. The molecule has 0 saturated carbocycles. The van der Waals surface area contributed by atoms with Crippen LogP contribution in [0.5, 0.6) is 5.75 Å². The molecule has 27 heavy (non-hydrogen) atoms. The summed E-state index contributed by atoms with van der Waals surface area (Å²) in [6.07, 6.45) is 2.31. The summed E-state index contributed by atoms with van der Waals surface area (Å²) in [4.78, 5) is 39.9. The van der Waals surface area contributed by atoms with E-state index in [1.807, 2.05) is 6.26 Å². The van der Waals surface area contributed by atoms with Crippen LogP contribution < -0.4 is 5.32 Å². The number of carbonyl (C=O) groups is 3. The fourth-order valence-electron chi connectivity index (χ4n) is 4.16.